The number of hydrogen-bond donors (Lipinski definition) is 2. The van der Waals surface area contributed by atoms with Gasteiger partial charge in [0.15, 0.2) is 0 Å². The van der Waals surface area contributed by atoms with E-state index in [1.807, 2.05) is 0 Å². The first-order valence-electron chi connectivity index (χ1n) is 12.1. The van der Waals surface area contributed by atoms with Gasteiger partial charge in [-0.1, -0.05) is 20.8 Å². The molecule has 6 unspecified atom stereocenters. The van der Waals surface area contributed by atoms with E-state index in [0.717, 1.165) is 38.5 Å². The summed E-state index contributed by atoms with van der Waals surface area (Å²) in [4.78, 5) is 25.1. The molecule has 0 aromatic carbocycles. The van der Waals surface area contributed by atoms with Gasteiger partial charge in [-0.3, -0.25) is 9.59 Å². The van der Waals surface area contributed by atoms with Crippen LogP contribution in [0.4, 0.5) is 0 Å². The van der Waals surface area contributed by atoms with Crippen molar-refractivity contribution in [2.75, 3.05) is 7.11 Å². The number of ketones is 1. The molecule has 0 aliphatic heterocycles. The summed E-state index contributed by atoms with van der Waals surface area (Å²) in [7, 11) is 1.43. The highest BCUT2D eigenvalue weighted by molar-refractivity contribution is 5.83. The molecule has 4 aliphatic carbocycles. The second kappa shape index (κ2) is 7.88. The van der Waals surface area contributed by atoms with Gasteiger partial charge in [0.1, 0.15) is 5.78 Å². The lowest BCUT2D eigenvalue weighted by atomic mass is 9.43. The predicted molar refractivity (Wildman–Crippen MR) is 113 cm³/mol. The van der Waals surface area contributed by atoms with Crippen LogP contribution in [-0.2, 0) is 14.3 Å². The van der Waals surface area contributed by atoms with Gasteiger partial charge in [-0.05, 0) is 80.0 Å². The first-order chi connectivity index (χ1) is 14.1. The third-order valence-corrected chi connectivity index (χ3v) is 10.3. The van der Waals surface area contributed by atoms with Gasteiger partial charge < -0.3 is 14.9 Å². The molecule has 0 aromatic heterocycles. The van der Waals surface area contributed by atoms with E-state index >= 15 is 0 Å². The van der Waals surface area contributed by atoms with Crippen LogP contribution in [0.1, 0.15) is 78.6 Å². The molecule has 0 radical (unpaired) electrons. The van der Waals surface area contributed by atoms with Crippen LogP contribution in [0.5, 0.6) is 0 Å². The van der Waals surface area contributed by atoms with Crippen molar-refractivity contribution in [2.24, 2.45) is 46.3 Å². The third-order valence-electron chi connectivity index (χ3n) is 10.3. The first kappa shape index (κ1) is 22.3. The number of rotatable bonds is 4. The van der Waals surface area contributed by atoms with E-state index in [1.165, 1.54) is 7.11 Å². The molecule has 0 amide bonds. The number of Topliss-reactive ketones (excluding diaryl/α,β-unsaturated/α-hetero) is 1. The molecular formula is C25H40O5. The molecule has 4 aliphatic rings. The second-order valence-electron chi connectivity index (χ2n) is 11.4. The minimum atomic E-state index is -0.410. The fraction of sp³-hybridized carbons (Fsp3) is 0.920. The Hall–Kier alpha value is -0.940. The van der Waals surface area contributed by atoms with Gasteiger partial charge in [0.2, 0.25) is 0 Å². The fourth-order valence-electron chi connectivity index (χ4n) is 8.49. The Labute approximate surface area is 180 Å². The molecule has 5 nitrogen and oxygen atoms in total. The number of ether oxygens (including phenoxy) is 1. The van der Waals surface area contributed by atoms with Crippen LogP contribution in [0.25, 0.3) is 0 Å². The lowest BCUT2D eigenvalue weighted by Gasteiger charge is -2.61. The fourth-order valence-corrected chi connectivity index (χ4v) is 8.49. The predicted octanol–water partition coefficient (Wildman–Crippen LogP) is 3.75. The van der Waals surface area contributed by atoms with Crippen molar-refractivity contribution in [3.8, 4) is 0 Å². The SMILES string of the molecule is COC(=O)CCC(C)C1CCC2C3C(=O)CC4C[C@H](O)CC[C@]4(C)C3C[C@H](O)[C@]12C. The van der Waals surface area contributed by atoms with Crippen molar-refractivity contribution >= 4 is 11.8 Å². The topological polar surface area (TPSA) is 83.8 Å². The maximum Gasteiger partial charge on any atom is 0.305 e. The summed E-state index contributed by atoms with van der Waals surface area (Å²) in [5.41, 5.74) is -0.210. The van der Waals surface area contributed by atoms with Gasteiger partial charge in [0, 0.05) is 24.2 Å². The molecule has 0 aromatic rings. The van der Waals surface area contributed by atoms with Crippen molar-refractivity contribution < 1.29 is 24.5 Å². The van der Waals surface area contributed by atoms with Crippen LogP contribution in [0.3, 0.4) is 0 Å². The standard InChI is InChI=1S/C25H40O5/c1-14(5-8-22(29)30-4)17-6-7-18-23-19(13-21(28)25(17,18)3)24(2)10-9-16(26)11-15(24)12-20(23)27/h14-19,21,23,26,28H,5-13H2,1-4H3/t14?,15?,16-,17?,18?,19?,21+,23?,24+,25-/m1/s1. The maximum atomic E-state index is 13.4. The van der Waals surface area contributed by atoms with Crippen molar-refractivity contribution in [1.82, 2.24) is 0 Å². The van der Waals surface area contributed by atoms with Crippen molar-refractivity contribution in [1.29, 1.82) is 0 Å². The van der Waals surface area contributed by atoms with Crippen LogP contribution in [0.15, 0.2) is 0 Å². The van der Waals surface area contributed by atoms with Gasteiger partial charge in [-0.15, -0.1) is 0 Å². The molecule has 10 atom stereocenters. The third kappa shape index (κ3) is 3.26. The Morgan fingerprint density at radius 1 is 1.17 bits per heavy atom. The summed E-state index contributed by atoms with van der Waals surface area (Å²) in [6.45, 7) is 6.74. The van der Waals surface area contributed by atoms with Gasteiger partial charge in [-0.2, -0.15) is 0 Å². The van der Waals surface area contributed by atoms with E-state index in [-0.39, 0.29) is 46.6 Å². The summed E-state index contributed by atoms with van der Waals surface area (Å²) in [6.07, 6.45) is 6.32. The van der Waals surface area contributed by atoms with E-state index < -0.39 is 6.10 Å². The number of aliphatic hydroxyl groups is 2. The molecule has 4 saturated carbocycles. The summed E-state index contributed by atoms with van der Waals surface area (Å²) in [5.74, 6) is 1.61. The molecule has 30 heavy (non-hydrogen) atoms. The molecule has 170 valence electrons. The van der Waals surface area contributed by atoms with Crippen molar-refractivity contribution in [3.63, 3.8) is 0 Å². The van der Waals surface area contributed by atoms with Crippen molar-refractivity contribution in [2.45, 2.75) is 90.8 Å². The molecular weight excluding hydrogens is 380 g/mol. The van der Waals surface area contributed by atoms with E-state index in [4.69, 9.17) is 4.74 Å². The Bertz CT molecular complexity index is 691. The number of aliphatic hydroxyl groups excluding tert-OH is 2. The van der Waals surface area contributed by atoms with Crippen LogP contribution in [0.2, 0.25) is 0 Å². The van der Waals surface area contributed by atoms with E-state index in [1.54, 1.807) is 0 Å². The first-order valence-corrected chi connectivity index (χ1v) is 12.1. The molecule has 0 bridgehead atoms. The molecule has 4 rings (SSSR count). The van der Waals surface area contributed by atoms with Gasteiger partial charge in [0.05, 0.1) is 19.3 Å². The average molecular weight is 421 g/mol. The zero-order chi connectivity index (χ0) is 21.8. The smallest absolute Gasteiger partial charge is 0.305 e. The normalized spacial score (nSPS) is 49.0. The minimum Gasteiger partial charge on any atom is -0.469 e. The van der Waals surface area contributed by atoms with Crippen LogP contribution >= 0.6 is 0 Å². The number of carbonyl (C=O) groups is 2. The van der Waals surface area contributed by atoms with Crippen LogP contribution in [-0.4, -0.2) is 41.3 Å². The Morgan fingerprint density at radius 2 is 1.90 bits per heavy atom. The highest BCUT2D eigenvalue weighted by atomic mass is 16.5. The number of hydrogen-bond acceptors (Lipinski definition) is 5. The quantitative estimate of drug-likeness (QED) is 0.677. The number of fused-ring (bicyclic) bond motifs is 5. The van der Waals surface area contributed by atoms with Crippen LogP contribution in [0, 0.1) is 46.3 Å². The molecule has 0 heterocycles. The Kier molecular flexibility index (Phi) is 5.85. The maximum absolute atomic E-state index is 13.4. The molecule has 0 saturated heterocycles. The van der Waals surface area contributed by atoms with E-state index in [9.17, 15) is 19.8 Å². The van der Waals surface area contributed by atoms with Gasteiger partial charge in [-0.25, -0.2) is 0 Å². The van der Waals surface area contributed by atoms with Gasteiger partial charge >= 0.3 is 5.97 Å². The van der Waals surface area contributed by atoms with Crippen molar-refractivity contribution in [3.05, 3.63) is 0 Å². The number of esters is 1. The summed E-state index contributed by atoms with van der Waals surface area (Å²) in [6, 6.07) is 0. The summed E-state index contributed by atoms with van der Waals surface area (Å²) < 4.78 is 4.82. The average Bonchev–Trinajstić information content (AvgIpc) is 3.06. The lowest BCUT2D eigenvalue weighted by molar-refractivity contribution is -0.182. The Balaban J connectivity index is 1.59. The molecule has 0 spiro atoms. The summed E-state index contributed by atoms with van der Waals surface area (Å²) >= 11 is 0. The van der Waals surface area contributed by atoms with E-state index in [0.29, 0.717) is 36.9 Å². The lowest BCUT2D eigenvalue weighted by Crippen LogP contribution is -2.61. The molecule has 2 N–H and O–H groups in total. The minimum absolute atomic E-state index is 0.0488. The monoisotopic (exact) mass is 420 g/mol. The molecule has 5 heteroatoms. The summed E-state index contributed by atoms with van der Waals surface area (Å²) in [5, 5.41) is 21.7. The van der Waals surface area contributed by atoms with Gasteiger partial charge in [0.25, 0.3) is 0 Å². The molecule has 4 fully saturated rings. The Morgan fingerprint density at radius 3 is 2.60 bits per heavy atom. The zero-order valence-corrected chi connectivity index (χ0v) is 19.1. The number of carbonyl (C=O) groups excluding carboxylic acids is 2. The highest BCUT2D eigenvalue weighted by Crippen LogP contribution is 2.67. The second-order valence-corrected chi connectivity index (χ2v) is 11.4. The zero-order valence-electron chi connectivity index (χ0n) is 19.1. The largest absolute Gasteiger partial charge is 0.469 e. The van der Waals surface area contributed by atoms with Crippen LogP contribution < -0.4 is 0 Å². The highest BCUT2D eigenvalue weighted by Gasteiger charge is 2.65. The van der Waals surface area contributed by atoms with E-state index in [2.05, 4.69) is 20.8 Å². The number of methoxy groups -OCH3 is 1.